The molecule has 49 heavy (non-hydrogen) atoms. The van der Waals surface area contributed by atoms with Crippen LogP contribution in [0.1, 0.15) is 29.2 Å². The highest BCUT2D eigenvalue weighted by Crippen LogP contribution is 2.52. The van der Waals surface area contributed by atoms with Crippen molar-refractivity contribution in [2.45, 2.75) is 24.8 Å². The van der Waals surface area contributed by atoms with Gasteiger partial charge in [0.25, 0.3) is 0 Å². The molecular formula is C46H32N2O. The second-order valence-corrected chi connectivity index (χ2v) is 13.6. The lowest BCUT2D eigenvalue weighted by Gasteiger charge is -2.29. The summed E-state index contributed by atoms with van der Waals surface area (Å²) in [6, 6.07) is 44.6. The predicted molar refractivity (Wildman–Crippen MR) is 204 cm³/mol. The van der Waals surface area contributed by atoms with Crippen LogP contribution >= 0.6 is 0 Å². The average molecular weight is 629 g/mol. The Morgan fingerprint density at radius 3 is 2.39 bits per heavy atom. The van der Waals surface area contributed by atoms with Gasteiger partial charge in [-0.25, -0.2) is 0 Å². The lowest BCUT2D eigenvalue weighted by Crippen LogP contribution is -2.28. The van der Waals surface area contributed by atoms with Crippen molar-refractivity contribution in [2.75, 3.05) is 4.90 Å². The van der Waals surface area contributed by atoms with Crippen LogP contribution in [0, 0.1) is 0 Å². The van der Waals surface area contributed by atoms with Crippen LogP contribution in [0.3, 0.4) is 0 Å². The van der Waals surface area contributed by atoms with Crippen LogP contribution < -0.4 is 4.90 Å². The molecule has 232 valence electrons. The van der Waals surface area contributed by atoms with E-state index in [4.69, 9.17) is 4.42 Å². The van der Waals surface area contributed by atoms with Crippen molar-refractivity contribution < 1.29 is 4.42 Å². The van der Waals surface area contributed by atoms with Gasteiger partial charge in [-0.3, -0.25) is 0 Å². The molecule has 0 N–H and O–H groups in total. The summed E-state index contributed by atoms with van der Waals surface area (Å²) in [6.07, 6.45) is 15.9. The van der Waals surface area contributed by atoms with E-state index in [1.807, 2.05) is 0 Å². The molecule has 8 aromatic rings. The minimum absolute atomic E-state index is 0.187. The Balaban J connectivity index is 1.12. The van der Waals surface area contributed by atoms with E-state index >= 15 is 0 Å². The largest absolute Gasteiger partial charge is 0.456 e. The molecule has 0 fully saturated rings. The first-order chi connectivity index (χ1) is 24.3. The van der Waals surface area contributed by atoms with Crippen LogP contribution in [-0.4, -0.2) is 10.6 Å². The van der Waals surface area contributed by atoms with E-state index in [2.05, 4.69) is 167 Å². The van der Waals surface area contributed by atoms with Gasteiger partial charge in [-0.15, -0.1) is 0 Å². The number of aromatic nitrogens is 1. The molecule has 1 aliphatic heterocycles. The van der Waals surface area contributed by atoms with E-state index in [0.717, 1.165) is 29.4 Å². The molecule has 0 spiro atoms. The number of benzene rings is 6. The third-order valence-corrected chi connectivity index (χ3v) is 11.0. The van der Waals surface area contributed by atoms with E-state index in [1.165, 1.54) is 72.1 Å². The molecule has 3 nitrogen and oxygen atoms in total. The van der Waals surface area contributed by atoms with Crippen LogP contribution in [-0.2, 0) is 6.42 Å². The molecule has 0 radical (unpaired) electrons. The fourth-order valence-corrected chi connectivity index (χ4v) is 8.75. The first-order valence-corrected chi connectivity index (χ1v) is 17.3. The minimum atomic E-state index is 0.187. The first kappa shape index (κ1) is 26.9. The molecule has 2 atom stereocenters. The number of hydrogen-bond acceptors (Lipinski definition) is 2. The van der Waals surface area contributed by atoms with Crippen molar-refractivity contribution in [3.63, 3.8) is 0 Å². The Labute approximate surface area is 284 Å². The zero-order valence-corrected chi connectivity index (χ0v) is 26.9. The van der Waals surface area contributed by atoms with Crippen LogP contribution in [0.15, 0.2) is 156 Å². The molecular weight excluding hydrogens is 597 g/mol. The molecule has 6 aromatic carbocycles. The Morgan fingerprint density at radius 2 is 1.45 bits per heavy atom. The number of para-hydroxylation sites is 1. The predicted octanol–water partition coefficient (Wildman–Crippen LogP) is 12.0. The van der Waals surface area contributed by atoms with Gasteiger partial charge >= 0.3 is 0 Å². The van der Waals surface area contributed by atoms with Gasteiger partial charge in [0.1, 0.15) is 11.2 Å². The molecule has 3 aliphatic rings. The minimum Gasteiger partial charge on any atom is -0.456 e. The van der Waals surface area contributed by atoms with E-state index in [0.29, 0.717) is 0 Å². The Hall–Kier alpha value is -6.06. The number of allylic oxidation sites excluding steroid dienone is 3. The monoisotopic (exact) mass is 628 g/mol. The summed E-state index contributed by atoms with van der Waals surface area (Å²) in [7, 11) is 0. The molecule has 2 aromatic heterocycles. The summed E-state index contributed by atoms with van der Waals surface area (Å²) >= 11 is 0. The van der Waals surface area contributed by atoms with Gasteiger partial charge in [-0.2, -0.15) is 0 Å². The van der Waals surface area contributed by atoms with Crippen LogP contribution in [0.5, 0.6) is 0 Å². The Morgan fingerprint density at radius 1 is 0.633 bits per heavy atom. The summed E-state index contributed by atoms with van der Waals surface area (Å²) in [5, 5.41) is 6.20. The van der Waals surface area contributed by atoms with Gasteiger partial charge in [0.05, 0.1) is 22.6 Å². The van der Waals surface area contributed by atoms with Crippen molar-refractivity contribution in [3.05, 3.63) is 169 Å². The lowest BCUT2D eigenvalue weighted by molar-refractivity contribution is 0.668. The zero-order valence-electron chi connectivity index (χ0n) is 26.9. The van der Waals surface area contributed by atoms with Gasteiger partial charge in [0.2, 0.25) is 0 Å². The Kier molecular flexibility index (Phi) is 5.62. The average Bonchev–Trinajstić information content (AvgIpc) is 3.81. The second kappa shape index (κ2) is 10.2. The topological polar surface area (TPSA) is 21.3 Å². The maximum atomic E-state index is 6.37. The summed E-state index contributed by atoms with van der Waals surface area (Å²) in [6.45, 7) is 0. The highest BCUT2D eigenvalue weighted by molar-refractivity contribution is 6.13. The second-order valence-electron chi connectivity index (χ2n) is 13.6. The van der Waals surface area contributed by atoms with Crippen LogP contribution in [0.25, 0.3) is 66.5 Å². The molecule has 3 heteroatoms. The fourth-order valence-electron chi connectivity index (χ4n) is 8.75. The van der Waals surface area contributed by atoms with Crippen molar-refractivity contribution in [1.29, 1.82) is 0 Å². The molecule has 0 bridgehead atoms. The van der Waals surface area contributed by atoms with Crippen molar-refractivity contribution in [3.8, 4) is 16.8 Å². The zero-order chi connectivity index (χ0) is 32.1. The smallest absolute Gasteiger partial charge is 0.137 e. The summed E-state index contributed by atoms with van der Waals surface area (Å²) in [4.78, 5) is 2.57. The fraction of sp³-hybridized carbons (Fsp3) is 0.0870. The molecule has 0 saturated heterocycles. The quantitative estimate of drug-likeness (QED) is 0.194. The highest BCUT2D eigenvalue weighted by Gasteiger charge is 2.39. The summed E-state index contributed by atoms with van der Waals surface area (Å²) < 4.78 is 8.90. The van der Waals surface area contributed by atoms with E-state index in [9.17, 15) is 0 Å². The first-order valence-electron chi connectivity index (χ1n) is 17.3. The summed E-state index contributed by atoms with van der Waals surface area (Å²) in [5.41, 5.74) is 13.4. The number of rotatable bonds is 3. The number of fused-ring (bicyclic) bond motifs is 10. The van der Waals surface area contributed by atoms with Gasteiger partial charge in [-0.05, 0) is 88.8 Å². The van der Waals surface area contributed by atoms with E-state index in [1.54, 1.807) is 0 Å². The molecule has 3 heterocycles. The van der Waals surface area contributed by atoms with Crippen LogP contribution in [0.4, 0.5) is 11.4 Å². The van der Waals surface area contributed by atoms with Gasteiger partial charge in [0, 0.05) is 39.3 Å². The van der Waals surface area contributed by atoms with Gasteiger partial charge < -0.3 is 13.9 Å². The maximum Gasteiger partial charge on any atom is 0.137 e. The third-order valence-electron chi connectivity index (χ3n) is 11.0. The number of furan rings is 1. The summed E-state index contributed by atoms with van der Waals surface area (Å²) in [5.74, 6) is 0.269. The third kappa shape index (κ3) is 3.90. The van der Waals surface area contributed by atoms with Gasteiger partial charge in [-0.1, -0.05) is 109 Å². The number of nitrogens with zero attached hydrogens (tertiary/aromatic N) is 2. The van der Waals surface area contributed by atoms with E-state index < -0.39 is 0 Å². The standard InChI is InChI=1S/C46H32N2O/c1-2-11-31-26-32(21-20-29(31)10-1)30-22-24-33(25-23-30)47-39-15-6-3-12-34(39)37-27-38-35-13-4-7-16-40(35)48(43(38)28-42(37)47)41-17-9-19-45-46(41)36-14-5-8-18-44(36)49-45/h1-5,7-14,16-28,35,40H,6,15H2. The van der Waals surface area contributed by atoms with Crippen molar-refractivity contribution in [2.24, 2.45) is 0 Å². The van der Waals surface area contributed by atoms with Crippen LogP contribution in [0.2, 0.25) is 0 Å². The maximum absolute atomic E-state index is 6.37. The van der Waals surface area contributed by atoms with Crippen molar-refractivity contribution >= 4 is 61.1 Å². The SMILES string of the molecule is C1=CC2c3cc4c5c(n(-c6ccc(-c7ccc8ccccc8c7)cc6)c4cc3N(c3cccc4oc6ccccc6c34)C2C=C1)CCC=C5. The molecule has 2 unspecified atom stereocenters. The molecule has 2 aliphatic carbocycles. The highest BCUT2D eigenvalue weighted by atomic mass is 16.3. The normalized spacial score (nSPS) is 17.8. The molecule has 0 amide bonds. The van der Waals surface area contributed by atoms with Gasteiger partial charge in [0.15, 0.2) is 0 Å². The van der Waals surface area contributed by atoms with E-state index in [-0.39, 0.29) is 12.0 Å². The molecule has 11 rings (SSSR count). The Bertz CT molecular complexity index is 2740. The molecule has 0 saturated carbocycles. The number of hydrogen-bond donors (Lipinski definition) is 0. The number of anilines is 2. The lowest BCUT2D eigenvalue weighted by atomic mass is 9.90. The van der Waals surface area contributed by atoms with Crippen molar-refractivity contribution in [1.82, 2.24) is 4.57 Å².